The zero-order valence-electron chi connectivity index (χ0n) is 10.5. The lowest BCUT2D eigenvalue weighted by Gasteiger charge is -2.18. The summed E-state index contributed by atoms with van der Waals surface area (Å²) in [4.78, 5) is 33.9. The first-order valence-corrected chi connectivity index (χ1v) is 7.24. The van der Waals surface area contributed by atoms with Crippen LogP contribution < -0.4 is 0 Å². The first kappa shape index (κ1) is 15.6. The Morgan fingerprint density at radius 1 is 1.37 bits per heavy atom. The van der Waals surface area contributed by atoms with Gasteiger partial charge in [-0.05, 0) is 5.56 Å². The molecule has 6 nitrogen and oxygen atoms in total. The Kier molecular flexibility index (Phi) is 5.92. The van der Waals surface area contributed by atoms with Crippen molar-refractivity contribution in [3.05, 3.63) is 47.8 Å². The highest BCUT2D eigenvalue weighted by molar-refractivity contribution is 7.55. The maximum Gasteiger partial charge on any atom is 0.348 e. The summed E-state index contributed by atoms with van der Waals surface area (Å²) in [5, 5.41) is 1.04. The number of amides is 1. The molecule has 0 aromatic heterocycles. The normalized spacial score (nSPS) is 11.7. The number of carbonyl (C=O) groups excluding carboxylic acids is 1. The Labute approximate surface area is 111 Å². The first-order valence-electron chi connectivity index (χ1n) is 5.56. The fourth-order valence-electron chi connectivity index (χ4n) is 1.28. The quantitative estimate of drug-likeness (QED) is 0.613. The molecule has 0 saturated heterocycles. The zero-order valence-corrected chi connectivity index (χ0v) is 11.4. The largest absolute Gasteiger partial charge is 0.348 e. The minimum atomic E-state index is -4.20. The molecule has 7 heteroatoms. The molecule has 0 saturated carbocycles. The van der Waals surface area contributed by atoms with Crippen LogP contribution in [0.15, 0.2) is 42.2 Å². The molecule has 1 aromatic rings. The van der Waals surface area contributed by atoms with E-state index in [0.717, 1.165) is 16.4 Å². The fourth-order valence-corrected chi connectivity index (χ4v) is 1.65. The topological polar surface area (TPSA) is 87.1 Å². The number of hydrogen-bond donors (Lipinski definition) is 2. The predicted octanol–water partition coefficient (Wildman–Crippen LogP) is 1.66. The van der Waals surface area contributed by atoms with E-state index >= 15 is 0 Å². The predicted molar refractivity (Wildman–Crippen MR) is 69.8 cm³/mol. The molecule has 104 valence electrons. The molecule has 0 radical (unpaired) electrons. The maximum absolute atomic E-state index is 11.3. The van der Waals surface area contributed by atoms with E-state index < -0.39 is 7.60 Å². The molecule has 0 heterocycles. The molecule has 1 aromatic carbocycles. The molecule has 0 spiro atoms. The number of hydrogen-bond acceptors (Lipinski definition) is 3. The second-order valence-electron chi connectivity index (χ2n) is 3.81. The highest BCUT2D eigenvalue weighted by atomic mass is 31.2. The van der Waals surface area contributed by atoms with Gasteiger partial charge in [-0.15, -0.1) is 0 Å². The van der Waals surface area contributed by atoms with E-state index in [2.05, 4.69) is 0 Å². The Bertz CT molecular complexity index is 482. The lowest BCUT2D eigenvalue weighted by atomic mass is 10.2. The van der Waals surface area contributed by atoms with Gasteiger partial charge in [-0.1, -0.05) is 36.4 Å². The van der Waals surface area contributed by atoms with E-state index in [4.69, 9.17) is 14.6 Å². The van der Waals surface area contributed by atoms with Crippen LogP contribution in [-0.2, 0) is 20.8 Å². The van der Waals surface area contributed by atoms with Crippen LogP contribution in [0.1, 0.15) is 12.5 Å². The van der Waals surface area contributed by atoms with Gasteiger partial charge in [-0.25, -0.2) is 5.06 Å². The van der Waals surface area contributed by atoms with Gasteiger partial charge >= 0.3 is 7.60 Å². The van der Waals surface area contributed by atoms with Crippen LogP contribution in [0.25, 0.3) is 0 Å². The second kappa shape index (κ2) is 7.21. The summed E-state index contributed by atoms with van der Waals surface area (Å²) in [6.07, 6.45) is 1.20. The van der Waals surface area contributed by atoms with E-state index in [1.165, 1.54) is 13.0 Å². The van der Waals surface area contributed by atoms with Crippen LogP contribution in [-0.4, -0.2) is 27.3 Å². The van der Waals surface area contributed by atoms with Gasteiger partial charge in [0.1, 0.15) is 6.61 Å². The molecular weight excluding hydrogens is 269 g/mol. The molecule has 0 aliphatic carbocycles. The summed E-state index contributed by atoms with van der Waals surface area (Å²) in [6, 6.07) is 9.28. The van der Waals surface area contributed by atoms with Crippen molar-refractivity contribution in [2.24, 2.45) is 0 Å². The highest BCUT2D eigenvalue weighted by Gasteiger charge is 2.10. The molecule has 0 unspecified atom stereocenters. The van der Waals surface area contributed by atoms with Crippen LogP contribution in [0.4, 0.5) is 0 Å². The highest BCUT2D eigenvalue weighted by Crippen LogP contribution is 2.35. The van der Waals surface area contributed by atoms with Crippen LogP contribution in [0.5, 0.6) is 0 Å². The molecule has 0 atom stereocenters. The summed E-state index contributed by atoms with van der Waals surface area (Å²) < 4.78 is 10.6. The minimum absolute atomic E-state index is 0.0206. The number of carbonyl (C=O) groups is 1. The van der Waals surface area contributed by atoms with Crippen LogP contribution in [0.3, 0.4) is 0 Å². The van der Waals surface area contributed by atoms with Crippen LogP contribution in [0.2, 0.25) is 0 Å². The lowest BCUT2D eigenvalue weighted by Crippen LogP contribution is -2.28. The summed E-state index contributed by atoms with van der Waals surface area (Å²) in [5.74, 6) is 0.403. The first-order chi connectivity index (χ1) is 8.88. The van der Waals surface area contributed by atoms with Gasteiger partial charge in [0, 0.05) is 12.7 Å². The number of rotatable bonds is 6. The molecule has 19 heavy (non-hydrogen) atoms. The van der Waals surface area contributed by atoms with Crippen molar-refractivity contribution < 1.29 is 24.0 Å². The van der Waals surface area contributed by atoms with Crippen molar-refractivity contribution in [3.63, 3.8) is 0 Å². The van der Waals surface area contributed by atoms with Crippen molar-refractivity contribution in [1.29, 1.82) is 0 Å². The second-order valence-corrected chi connectivity index (χ2v) is 5.29. The van der Waals surface area contributed by atoms with Gasteiger partial charge in [-0.3, -0.25) is 14.2 Å². The van der Waals surface area contributed by atoms with E-state index in [-0.39, 0.29) is 19.1 Å². The van der Waals surface area contributed by atoms with Gasteiger partial charge in [-0.2, -0.15) is 0 Å². The molecule has 1 rings (SSSR count). The third kappa shape index (κ3) is 6.88. The van der Waals surface area contributed by atoms with Crippen molar-refractivity contribution in [3.8, 4) is 0 Å². The van der Waals surface area contributed by atoms with Crippen molar-refractivity contribution in [2.45, 2.75) is 13.5 Å². The van der Waals surface area contributed by atoms with Crippen LogP contribution >= 0.6 is 7.60 Å². The van der Waals surface area contributed by atoms with E-state index in [0.29, 0.717) is 0 Å². The summed E-state index contributed by atoms with van der Waals surface area (Å²) in [6.45, 7) is 1.51. The van der Waals surface area contributed by atoms with Gasteiger partial charge < -0.3 is 9.79 Å². The third-order valence-electron chi connectivity index (χ3n) is 2.15. The molecule has 0 bridgehead atoms. The van der Waals surface area contributed by atoms with E-state index in [1.807, 2.05) is 30.3 Å². The molecule has 2 N–H and O–H groups in total. The standard InChI is InChI=1S/C12H16NO5P/c1-11(14)13(8-5-9-19(15,16)17)18-10-12-6-3-2-4-7-12/h2-7,9H,8,10H2,1H3,(H2,15,16,17)/b9-5+. The lowest BCUT2D eigenvalue weighted by molar-refractivity contribution is -0.185. The summed E-state index contributed by atoms with van der Waals surface area (Å²) in [7, 11) is -4.20. The van der Waals surface area contributed by atoms with Crippen LogP contribution in [0, 0.1) is 0 Å². The van der Waals surface area contributed by atoms with Gasteiger partial charge in [0.05, 0.1) is 6.54 Å². The Hall–Kier alpha value is -1.46. The van der Waals surface area contributed by atoms with Gasteiger partial charge in [0.25, 0.3) is 0 Å². The molecular formula is C12H16NO5P. The molecule has 0 fully saturated rings. The SMILES string of the molecule is CC(=O)N(C/C=C/P(=O)(O)O)OCc1ccccc1. The maximum atomic E-state index is 11.3. The van der Waals surface area contributed by atoms with Crippen molar-refractivity contribution in [2.75, 3.05) is 6.54 Å². The van der Waals surface area contributed by atoms with Crippen molar-refractivity contribution in [1.82, 2.24) is 5.06 Å². The molecule has 0 aliphatic rings. The third-order valence-corrected chi connectivity index (χ3v) is 2.75. The zero-order chi connectivity index (χ0) is 14.3. The Morgan fingerprint density at radius 3 is 2.53 bits per heavy atom. The fraction of sp³-hybridized carbons (Fsp3) is 0.250. The minimum Gasteiger partial charge on any atom is -0.321 e. The molecule has 0 aliphatic heterocycles. The Balaban J connectivity index is 2.52. The average Bonchev–Trinajstić information content (AvgIpc) is 2.33. The van der Waals surface area contributed by atoms with Gasteiger partial charge in [0.2, 0.25) is 5.91 Å². The average molecular weight is 285 g/mol. The Morgan fingerprint density at radius 2 is 2.00 bits per heavy atom. The monoisotopic (exact) mass is 285 g/mol. The number of nitrogens with zero attached hydrogens (tertiary/aromatic N) is 1. The molecule has 1 amide bonds. The number of benzene rings is 1. The smallest absolute Gasteiger partial charge is 0.321 e. The van der Waals surface area contributed by atoms with E-state index in [9.17, 15) is 9.36 Å². The van der Waals surface area contributed by atoms with E-state index in [1.54, 1.807) is 0 Å². The summed E-state index contributed by atoms with van der Waals surface area (Å²) in [5.41, 5.74) is 0.896. The number of hydroxylamine groups is 2. The summed E-state index contributed by atoms with van der Waals surface area (Å²) >= 11 is 0. The van der Waals surface area contributed by atoms with Crippen molar-refractivity contribution >= 4 is 13.5 Å². The van der Waals surface area contributed by atoms with Gasteiger partial charge in [0.15, 0.2) is 0 Å².